The van der Waals surface area contributed by atoms with Crippen molar-refractivity contribution in [2.45, 2.75) is 50.9 Å². The molecular formula is C14H23NO3S2. The summed E-state index contributed by atoms with van der Waals surface area (Å²) in [6, 6.07) is 0. The number of rotatable bonds is 6. The summed E-state index contributed by atoms with van der Waals surface area (Å²) < 4.78 is 29.7. The number of hydrogen-bond acceptors (Lipinski definition) is 5. The van der Waals surface area contributed by atoms with Gasteiger partial charge in [-0.05, 0) is 25.7 Å². The molecule has 20 heavy (non-hydrogen) atoms. The van der Waals surface area contributed by atoms with Crippen LogP contribution in [0.5, 0.6) is 0 Å². The SMILES string of the molecule is CO[C@H](C)c1nc(CS(=O)(=O)CC2CCCCC2)cs1. The van der Waals surface area contributed by atoms with Crippen LogP contribution in [0.2, 0.25) is 0 Å². The maximum atomic E-state index is 12.3. The molecule has 0 amide bonds. The first-order valence-corrected chi connectivity index (χ1v) is 9.88. The van der Waals surface area contributed by atoms with Gasteiger partial charge in [-0.2, -0.15) is 0 Å². The summed E-state index contributed by atoms with van der Waals surface area (Å²) in [4.78, 5) is 4.37. The molecule has 1 aromatic heterocycles. The second kappa shape index (κ2) is 7.00. The topological polar surface area (TPSA) is 56.3 Å². The first kappa shape index (κ1) is 15.9. The molecule has 0 bridgehead atoms. The Morgan fingerprint density at radius 3 is 2.75 bits per heavy atom. The molecule has 1 atom stereocenters. The third kappa shape index (κ3) is 4.53. The summed E-state index contributed by atoms with van der Waals surface area (Å²) in [5.74, 6) is 0.737. The molecule has 0 aliphatic heterocycles. The molecule has 0 unspecified atom stereocenters. The predicted octanol–water partition coefficient (Wildman–Crippen LogP) is 3.35. The lowest BCUT2D eigenvalue weighted by atomic mass is 9.91. The highest BCUT2D eigenvalue weighted by molar-refractivity contribution is 7.90. The van der Waals surface area contributed by atoms with Crippen molar-refractivity contribution in [3.8, 4) is 0 Å². The van der Waals surface area contributed by atoms with E-state index in [0.717, 1.165) is 17.8 Å². The fourth-order valence-electron chi connectivity index (χ4n) is 2.67. The van der Waals surface area contributed by atoms with Crippen molar-refractivity contribution in [1.82, 2.24) is 4.98 Å². The van der Waals surface area contributed by atoms with Crippen LogP contribution in [0.4, 0.5) is 0 Å². The monoisotopic (exact) mass is 317 g/mol. The smallest absolute Gasteiger partial charge is 0.156 e. The van der Waals surface area contributed by atoms with E-state index in [0.29, 0.717) is 17.4 Å². The van der Waals surface area contributed by atoms with Gasteiger partial charge in [-0.25, -0.2) is 13.4 Å². The fraction of sp³-hybridized carbons (Fsp3) is 0.786. The van der Waals surface area contributed by atoms with Gasteiger partial charge in [0.05, 0.1) is 17.2 Å². The van der Waals surface area contributed by atoms with Crippen molar-refractivity contribution in [2.24, 2.45) is 5.92 Å². The molecule has 1 aliphatic carbocycles. The molecule has 0 N–H and O–H groups in total. The van der Waals surface area contributed by atoms with Gasteiger partial charge in [-0.3, -0.25) is 0 Å². The molecule has 1 aromatic rings. The number of sulfone groups is 1. The van der Waals surface area contributed by atoms with Gasteiger partial charge in [0.2, 0.25) is 0 Å². The maximum Gasteiger partial charge on any atom is 0.156 e. The van der Waals surface area contributed by atoms with Gasteiger partial charge in [0.25, 0.3) is 0 Å². The molecule has 1 heterocycles. The number of aromatic nitrogens is 1. The third-order valence-electron chi connectivity index (χ3n) is 3.85. The summed E-state index contributed by atoms with van der Waals surface area (Å²) in [5.41, 5.74) is 0.657. The summed E-state index contributed by atoms with van der Waals surface area (Å²) in [6.07, 6.45) is 5.64. The van der Waals surface area contributed by atoms with E-state index in [4.69, 9.17) is 4.74 Å². The molecular weight excluding hydrogens is 294 g/mol. The van der Waals surface area contributed by atoms with E-state index in [9.17, 15) is 8.42 Å². The fourth-order valence-corrected chi connectivity index (χ4v) is 5.40. The molecule has 6 heteroatoms. The number of methoxy groups -OCH3 is 1. The highest BCUT2D eigenvalue weighted by atomic mass is 32.2. The second-order valence-electron chi connectivity index (χ2n) is 5.61. The van der Waals surface area contributed by atoms with Crippen molar-refractivity contribution < 1.29 is 13.2 Å². The van der Waals surface area contributed by atoms with E-state index >= 15 is 0 Å². The molecule has 2 rings (SSSR count). The van der Waals surface area contributed by atoms with Crippen LogP contribution >= 0.6 is 11.3 Å². The van der Waals surface area contributed by atoms with Crippen molar-refractivity contribution in [2.75, 3.05) is 12.9 Å². The van der Waals surface area contributed by atoms with Crippen LogP contribution in [0.15, 0.2) is 5.38 Å². The maximum absolute atomic E-state index is 12.3. The summed E-state index contributed by atoms with van der Waals surface area (Å²) in [6.45, 7) is 1.92. The van der Waals surface area contributed by atoms with Gasteiger partial charge < -0.3 is 4.74 Å². The van der Waals surface area contributed by atoms with Crippen molar-refractivity contribution >= 4 is 21.2 Å². The number of ether oxygens (including phenoxy) is 1. The molecule has 1 saturated carbocycles. The molecule has 1 fully saturated rings. The molecule has 0 saturated heterocycles. The molecule has 4 nitrogen and oxygen atoms in total. The lowest BCUT2D eigenvalue weighted by molar-refractivity contribution is 0.119. The van der Waals surface area contributed by atoms with Crippen LogP contribution in [0.25, 0.3) is 0 Å². The van der Waals surface area contributed by atoms with Gasteiger partial charge in [-0.15, -0.1) is 11.3 Å². The van der Waals surface area contributed by atoms with Crippen LogP contribution in [0.3, 0.4) is 0 Å². The van der Waals surface area contributed by atoms with Gasteiger partial charge in [0.1, 0.15) is 11.1 Å². The average molecular weight is 317 g/mol. The second-order valence-corrected chi connectivity index (χ2v) is 8.61. The van der Waals surface area contributed by atoms with E-state index in [-0.39, 0.29) is 11.9 Å². The van der Waals surface area contributed by atoms with Crippen LogP contribution in [0, 0.1) is 5.92 Å². The molecule has 0 radical (unpaired) electrons. The normalized spacial score (nSPS) is 19.1. The zero-order valence-corrected chi connectivity index (χ0v) is 13.8. The minimum Gasteiger partial charge on any atom is -0.375 e. The summed E-state index contributed by atoms with van der Waals surface area (Å²) in [7, 11) is -1.42. The molecule has 1 aliphatic rings. The summed E-state index contributed by atoms with van der Waals surface area (Å²) in [5, 5.41) is 2.68. The third-order valence-corrected chi connectivity index (χ3v) is 6.62. The van der Waals surface area contributed by atoms with E-state index in [2.05, 4.69) is 4.98 Å². The Hall–Kier alpha value is -0.460. The van der Waals surface area contributed by atoms with E-state index in [1.807, 2.05) is 12.3 Å². The van der Waals surface area contributed by atoms with Gasteiger partial charge in [0.15, 0.2) is 9.84 Å². The van der Waals surface area contributed by atoms with Crippen molar-refractivity contribution in [1.29, 1.82) is 0 Å². The molecule has 114 valence electrons. The Bertz CT molecular complexity index is 518. The van der Waals surface area contributed by atoms with Gasteiger partial charge in [0, 0.05) is 12.5 Å². The van der Waals surface area contributed by atoms with Crippen LogP contribution < -0.4 is 0 Å². The Morgan fingerprint density at radius 1 is 1.40 bits per heavy atom. The lowest BCUT2D eigenvalue weighted by Gasteiger charge is -2.20. The van der Waals surface area contributed by atoms with E-state index in [1.54, 1.807) is 7.11 Å². The zero-order chi connectivity index (χ0) is 14.6. The molecule has 0 spiro atoms. The number of hydrogen-bond donors (Lipinski definition) is 0. The number of thiazole rings is 1. The van der Waals surface area contributed by atoms with Gasteiger partial charge in [-0.1, -0.05) is 19.3 Å². The minimum absolute atomic E-state index is 0.0659. The quantitative estimate of drug-likeness (QED) is 0.807. The van der Waals surface area contributed by atoms with Crippen LogP contribution in [0.1, 0.15) is 55.8 Å². The Kier molecular flexibility index (Phi) is 5.57. The standard InChI is InChI=1S/C14H23NO3S2/c1-11(18-2)14-15-13(8-19-14)10-20(16,17)9-12-6-4-3-5-7-12/h8,11-12H,3-7,9-10H2,1-2H3/t11-/m1/s1. The minimum atomic E-state index is -3.05. The van der Waals surface area contributed by atoms with Crippen LogP contribution in [-0.2, 0) is 20.3 Å². The van der Waals surface area contributed by atoms with E-state index in [1.165, 1.54) is 30.6 Å². The Morgan fingerprint density at radius 2 is 2.10 bits per heavy atom. The van der Waals surface area contributed by atoms with Crippen molar-refractivity contribution in [3.05, 3.63) is 16.1 Å². The van der Waals surface area contributed by atoms with E-state index < -0.39 is 9.84 Å². The highest BCUT2D eigenvalue weighted by Gasteiger charge is 2.23. The summed E-state index contributed by atoms with van der Waals surface area (Å²) >= 11 is 1.47. The predicted molar refractivity (Wildman–Crippen MR) is 81.6 cm³/mol. The zero-order valence-electron chi connectivity index (χ0n) is 12.2. The van der Waals surface area contributed by atoms with Crippen molar-refractivity contribution in [3.63, 3.8) is 0 Å². The lowest BCUT2D eigenvalue weighted by Crippen LogP contribution is -2.20. The Labute approximate surface area is 125 Å². The number of nitrogens with zero attached hydrogens (tertiary/aromatic N) is 1. The average Bonchev–Trinajstić information content (AvgIpc) is 2.86. The first-order chi connectivity index (χ1) is 9.50. The van der Waals surface area contributed by atoms with Gasteiger partial charge >= 0.3 is 0 Å². The highest BCUT2D eigenvalue weighted by Crippen LogP contribution is 2.26. The first-order valence-electron chi connectivity index (χ1n) is 7.17. The Balaban J connectivity index is 1.95. The largest absolute Gasteiger partial charge is 0.375 e. The molecule has 0 aromatic carbocycles. The van der Waals surface area contributed by atoms with Crippen LogP contribution in [-0.4, -0.2) is 26.3 Å².